The number of aromatic carboxylic acids is 1. The molecule has 1 N–H and O–H groups in total. The van der Waals surface area contributed by atoms with Crippen LogP contribution in [-0.4, -0.2) is 21.0 Å². The van der Waals surface area contributed by atoms with E-state index in [2.05, 4.69) is 9.97 Å². The summed E-state index contributed by atoms with van der Waals surface area (Å²) in [4.78, 5) is 19.4. The van der Waals surface area contributed by atoms with E-state index in [4.69, 9.17) is 0 Å². The fourth-order valence-corrected chi connectivity index (χ4v) is 3.48. The predicted molar refractivity (Wildman–Crippen MR) is 120 cm³/mol. The van der Waals surface area contributed by atoms with Crippen molar-refractivity contribution >= 4 is 5.97 Å². The summed E-state index contributed by atoms with van der Waals surface area (Å²) < 4.78 is 54.7. The van der Waals surface area contributed by atoms with Crippen molar-refractivity contribution in [2.45, 2.75) is 20.0 Å². The smallest absolute Gasteiger partial charge is 0.433 e. The molecular weight excluding hydrogens is 448 g/mol. The second-order valence-electron chi connectivity index (χ2n) is 7.84. The lowest BCUT2D eigenvalue weighted by Gasteiger charge is -2.12. The van der Waals surface area contributed by atoms with Crippen LogP contribution in [-0.2, 0) is 6.18 Å². The zero-order valence-electron chi connectivity index (χ0n) is 18.1. The molecule has 1 heterocycles. The fraction of sp³-hybridized carbons (Fsp3) is 0.115. The lowest BCUT2D eigenvalue weighted by Crippen LogP contribution is -2.10. The van der Waals surface area contributed by atoms with Crippen molar-refractivity contribution < 1.29 is 27.5 Å². The van der Waals surface area contributed by atoms with Crippen LogP contribution in [0, 0.1) is 19.7 Å². The van der Waals surface area contributed by atoms with E-state index < -0.39 is 29.2 Å². The van der Waals surface area contributed by atoms with Crippen LogP contribution < -0.4 is 0 Å². The van der Waals surface area contributed by atoms with Gasteiger partial charge in [0.25, 0.3) is 0 Å². The summed E-state index contributed by atoms with van der Waals surface area (Å²) in [6.07, 6.45) is -4.68. The highest BCUT2D eigenvalue weighted by molar-refractivity contribution is 5.90. The van der Waals surface area contributed by atoms with Crippen molar-refractivity contribution in [1.29, 1.82) is 0 Å². The first kappa shape index (κ1) is 23.1. The van der Waals surface area contributed by atoms with Gasteiger partial charge in [0.2, 0.25) is 0 Å². The first-order valence-corrected chi connectivity index (χ1v) is 10.2. The lowest BCUT2D eigenvalue weighted by molar-refractivity contribution is -0.141. The largest absolute Gasteiger partial charge is 0.478 e. The average Bonchev–Trinajstić information content (AvgIpc) is 2.80. The van der Waals surface area contributed by atoms with Crippen LogP contribution in [0.2, 0.25) is 0 Å². The molecule has 0 unspecified atom stereocenters. The normalized spacial score (nSPS) is 11.5. The summed E-state index contributed by atoms with van der Waals surface area (Å²) in [6.45, 7) is 3.77. The average molecular weight is 466 g/mol. The standard InChI is InChI=1S/C26H18F4N2O2/c1-14-6-7-18(10-15(14)2)22-13-23(26(28,29)30)32-24(31-22)19-5-3-4-16(11-19)17-8-9-21(27)20(12-17)25(33)34/h3-13H,1-2H3,(H,33,34). The molecule has 0 aliphatic carbocycles. The van der Waals surface area contributed by atoms with Crippen molar-refractivity contribution in [3.05, 3.63) is 94.9 Å². The third-order valence-electron chi connectivity index (χ3n) is 5.47. The van der Waals surface area contributed by atoms with Crippen molar-refractivity contribution in [3.8, 4) is 33.8 Å². The van der Waals surface area contributed by atoms with Crippen LogP contribution >= 0.6 is 0 Å². The van der Waals surface area contributed by atoms with Gasteiger partial charge in [-0.25, -0.2) is 19.2 Å². The minimum absolute atomic E-state index is 0.126. The Labute approximate surface area is 192 Å². The van der Waals surface area contributed by atoms with Gasteiger partial charge in [-0.3, -0.25) is 0 Å². The summed E-state index contributed by atoms with van der Waals surface area (Å²) in [5, 5.41) is 9.19. The van der Waals surface area contributed by atoms with E-state index in [9.17, 15) is 27.5 Å². The Bertz CT molecular complexity index is 1410. The topological polar surface area (TPSA) is 63.1 Å². The van der Waals surface area contributed by atoms with E-state index in [1.807, 2.05) is 19.9 Å². The van der Waals surface area contributed by atoms with Gasteiger partial charge in [0.1, 0.15) is 11.5 Å². The first-order chi connectivity index (χ1) is 16.0. The molecule has 3 aromatic carbocycles. The molecule has 0 aliphatic rings. The number of aromatic nitrogens is 2. The van der Waals surface area contributed by atoms with Crippen molar-refractivity contribution in [3.63, 3.8) is 0 Å². The molecule has 0 saturated heterocycles. The molecule has 4 rings (SSSR count). The zero-order valence-corrected chi connectivity index (χ0v) is 18.1. The molecule has 0 aliphatic heterocycles. The maximum absolute atomic E-state index is 13.8. The second kappa shape index (κ2) is 8.70. The highest BCUT2D eigenvalue weighted by atomic mass is 19.4. The Hall–Kier alpha value is -4.07. The highest BCUT2D eigenvalue weighted by Gasteiger charge is 2.34. The Morgan fingerprint density at radius 2 is 1.47 bits per heavy atom. The fourth-order valence-electron chi connectivity index (χ4n) is 3.48. The number of hydrogen-bond acceptors (Lipinski definition) is 3. The van der Waals surface area contributed by atoms with Crippen LogP contribution in [0.4, 0.5) is 17.6 Å². The van der Waals surface area contributed by atoms with Crippen molar-refractivity contribution in [1.82, 2.24) is 9.97 Å². The quantitative estimate of drug-likeness (QED) is 0.331. The number of carbonyl (C=O) groups is 1. The summed E-state index contributed by atoms with van der Waals surface area (Å²) in [5.41, 5.74) is 2.16. The number of halogens is 4. The SMILES string of the molecule is Cc1ccc(-c2cc(C(F)(F)F)nc(-c3cccc(-c4ccc(F)c(C(=O)O)c4)c3)n2)cc1C. The van der Waals surface area contributed by atoms with Crippen molar-refractivity contribution in [2.75, 3.05) is 0 Å². The van der Waals surface area contributed by atoms with Gasteiger partial charge in [0.15, 0.2) is 5.82 Å². The molecule has 0 amide bonds. The van der Waals surface area contributed by atoms with E-state index in [1.165, 1.54) is 12.1 Å². The Morgan fingerprint density at radius 3 is 2.15 bits per heavy atom. The third-order valence-corrected chi connectivity index (χ3v) is 5.47. The molecule has 34 heavy (non-hydrogen) atoms. The minimum Gasteiger partial charge on any atom is -0.478 e. The Morgan fingerprint density at radius 1 is 0.794 bits per heavy atom. The van der Waals surface area contributed by atoms with E-state index in [0.717, 1.165) is 23.3 Å². The van der Waals surface area contributed by atoms with Gasteiger partial charge in [-0.2, -0.15) is 13.2 Å². The predicted octanol–water partition coefficient (Wildman–Crippen LogP) is 6.95. The van der Waals surface area contributed by atoms with E-state index in [1.54, 1.807) is 36.4 Å². The zero-order chi connectivity index (χ0) is 24.6. The van der Waals surface area contributed by atoms with Gasteiger partial charge < -0.3 is 5.11 Å². The summed E-state index contributed by atoms with van der Waals surface area (Å²) >= 11 is 0. The van der Waals surface area contributed by atoms with Gasteiger partial charge in [-0.15, -0.1) is 0 Å². The van der Waals surface area contributed by atoms with Crippen LogP contribution in [0.25, 0.3) is 33.8 Å². The number of carboxylic acid groups (broad SMARTS) is 1. The van der Waals surface area contributed by atoms with Gasteiger partial charge in [0.05, 0.1) is 11.3 Å². The van der Waals surface area contributed by atoms with Gasteiger partial charge in [-0.1, -0.05) is 36.4 Å². The van der Waals surface area contributed by atoms with Crippen LogP contribution in [0.15, 0.2) is 66.7 Å². The van der Waals surface area contributed by atoms with Crippen molar-refractivity contribution in [2.24, 2.45) is 0 Å². The molecule has 0 bridgehead atoms. The summed E-state index contributed by atoms with van der Waals surface area (Å²) in [7, 11) is 0. The number of rotatable bonds is 4. The molecule has 0 atom stereocenters. The molecule has 8 heteroatoms. The first-order valence-electron chi connectivity index (χ1n) is 10.2. The maximum atomic E-state index is 13.8. The molecule has 1 aromatic heterocycles. The van der Waals surface area contributed by atoms with Gasteiger partial charge in [0, 0.05) is 11.1 Å². The highest BCUT2D eigenvalue weighted by Crippen LogP contribution is 2.33. The third kappa shape index (κ3) is 4.66. The second-order valence-corrected chi connectivity index (χ2v) is 7.84. The molecule has 0 radical (unpaired) electrons. The summed E-state index contributed by atoms with van der Waals surface area (Å²) in [5.74, 6) is -2.44. The van der Waals surface area contributed by atoms with Gasteiger partial charge >= 0.3 is 12.1 Å². The maximum Gasteiger partial charge on any atom is 0.433 e. The monoisotopic (exact) mass is 466 g/mol. The Balaban J connectivity index is 1.85. The molecular formula is C26H18F4N2O2. The van der Waals surface area contributed by atoms with Crippen LogP contribution in [0.1, 0.15) is 27.2 Å². The number of carboxylic acids is 1. The molecule has 4 nitrogen and oxygen atoms in total. The van der Waals surface area contributed by atoms with E-state index in [-0.39, 0.29) is 11.5 Å². The number of benzene rings is 3. The molecule has 172 valence electrons. The van der Waals surface area contributed by atoms with E-state index in [0.29, 0.717) is 22.3 Å². The van der Waals surface area contributed by atoms with E-state index >= 15 is 0 Å². The van der Waals surface area contributed by atoms with Crippen LogP contribution in [0.3, 0.4) is 0 Å². The molecule has 0 fully saturated rings. The number of alkyl halides is 3. The van der Waals surface area contributed by atoms with Crippen LogP contribution in [0.5, 0.6) is 0 Å². The Kier molecular flexibility index (Phi) is 5.91. The number of aryl methyl sites for hydroxylation is 2. The van der Waals surface area contributed by atoms with Gasteiger partial charge in [-0.05, 0) is 66.4 Å². The summed E-state index contributed by atoms with van der Waals surface area (Å²) in [6, 6.07) is 16.1. The lowest BCUT2D eigenvalue weighted by atomic mass is 10.00. The number of hydrogen-bond donors (Lipinski definition) is 1. The minimum atomic E-state index is -4.68. The molecule has 0 spiro atoms. The number of nitrogens with zero attached hydrogens (tertiary/aromatic N) is 2. The molecule has 0 saturated carbocycles. The molecule has 4 aromatic rings.